The molecule has 2 aromatic heterocycles. The lowest BCUT2D eigenvalue weighted by molar-refractivity contribution is -0.672. The molecule has 0 unspecified atom stereocenters. The molecular formula is C42H46ClN7O8S. The first kappa shape index (κ1) is 44.4. The van der Waals surface area contributed by atoms with Crippen LogP contribution in [0, 0.1) is 10.4 Å². The Morgan fingerprint density at radius 3 is 2.05 bits per heavy atom. The minimum absolute atomic E-state index is 0.0859. The summed E-state index contributed by atoms with van der Waals surface area (Å²) < 4.78 is 11.6. The number of nitrogens with two attached hydrogens (primary N) is 2. The first-order valence-corrected chi connectivity index (χ1v) is 19.9. The van der Waals surface area contributed by atoms with Crippen molar-refractivity contribution in [2.75, 3.05) is 45.5 Å². The molecule has 7 rings (SSSR count). The number of fused-ring (bicyclic) bond motifs is 1. The number of nitrogens with zero attached hydrogens (tertiary/aromatic N) is 5. The number of aliphatic hydroxyl groups excluding tert-OH is 3. The summed E-state index contributed by atoms with van der Waals surface area (Å²) in [6.07, 6.45) is -3.25. The zero-order valence-corrected chi connectivity index (χ0v) is 33.9. The van der Waals surface area contributed by atoms with E-state index in [0.717, 1.165) is 30.1 Å². The number of alkyl halides is 1. The van der Waals surface area contributed by atoms with Gasteiger partial charge in [0.2, 0.25) is 5.10 Å². The number of primary amides is 1. The van der Waals surface area contributed by atoms with Crippen LogP contribution in [0.15, 0.2) is 115 Å². The predicted octanol–water partition coefficient (Wildman–Crippen LogP) is 3.69. The van der Waals surface area contributed by atoms with Gasteiger partial charge < -0.3 is 45.8 Å². The Balaban J connectivity index is 0.000000185. The first-order chi connectivity index (χ1) is 28.4. The van der Waals surface area contributed by atoms with E-state index in [2.05, 4.69) is 87.8 Å². The maximum Gasteiger partial charge on any atom is 0.458 e. The van der Waals surface area contributed by atoms with Gasteiger partial charge in [0.1, 0.15) is 47.5 Å². The highest BCUT2D eigenvalue weighted by atomic mass is 35.5. The van der Waals surface area contributed by atoms with Crippen LogP contribution >= 0.6 is 22.9 Å². The van der Waals surface area contributed by atoms with Crippen molar-refractivity contribution in [2.24, 2.45) is 5.73 Å². The molecule has 7 N–H and O–H groups in total. The molecule has 3 heterocycles. The van der Waals surface area contributed by atoms with E-state index in [9.17, 15) is 25.4 Å². The summed E-state index contributed by atoms with van der Waals surface area (Å²) in [5.41, 5.74) is 16.8. The van der Waals surface area contributed by atoms with Gasteiger partial charge in [0.05, 0.1) is 6.61 Å². The fourth-order valence-corrected chi connectivity index (χ4v) is 7.15. The normalized spacial score (nSPS) is 17.7. The van der Waals surface area contributed by atoms with Crippen LogP contribution in [0.3, 0.4) is 0 Å². The Kier molecular flexibility index (Phi) is 16.0. The van der Waals surface area contributed by atoms with Crippen LogP contribution in [0.25, 0.3) is 22.2 Å². The van der Waals surface area contributed by atoms with Crippen LogP contribution in [0.2, 0.25) is 0 Å². The number of anilines is 1. The molecule has 0 saturated carbocycles. The molecule has 1 saturated heterocycles. The second-order valence-corrected chi connectivity index (χ2v) is 14.7. The molecule has 0 radical (unpaired) electrons. The number of hydrogen-bond donors (Lipinski definition) is 5. The summed E-state index contributed by atoms with van der Waals surface area (Å²) >= 11 is 7.32. The van der Waals surface area contributed by atoms with E-state index in [-0.39, 0.29) is 22.7 Å². The minimum Gasteiger partial charge on any atom is -0.739 e. The van der Waals surface area contributed by atoms with E-state index in [1.807, 2.05) is 26.2 Å². The van der Waals surface area contributed by atoms with E-state index in [4.69, 9.17) is 37.6 Å². The highest BCUT2D eigenvalue weighted by Crippen LogP contribution is 2.36. The average molecular weight is 844 g/mol. The molecule has 4 aromatic carbocycles. The zero-order chi connectivity index (χ0) is 42.5. The molecule has 1 aliphatic heterocycles. The molecular weight excluding hydrogens is 798 g/mol. The third kappa shape index (κ3) is 11.5. The second kappa shape index (κ2) is 21.3. The Morgan fingerprint density at radius 2 is 1.49 bits per heavy atom. The quantitative estimate of drug-likeness (QED) is 0.0514. The van der Waals surface area contributed by atoms with Crippen LogP contribution in [-0.2, 0) is 4.74 Å². The number of halogens is 1. The van der Waals surface area contributed by atoms with Crippen molar-refractivity contribution < 1.29 is 39.2 Å². The predicted molar refractivity (Wildman–Crippen MR) is 226 cm³/mol. The number of allylic oxidation sites excluding steroid dienone is 1. The molecule has 1 aliphatic rings. The molecule has 0 bridgehead atoms. The van der Waals surface area contributed by atoms with Crippen molar-refractivity contribution in [1.82, 2.24) is 15.0 Å². The van der Waals surface area contributed by atoms with Gasteiger partial charge >= 0.3 is 5.95 Å². The van der Waals surface area contributed by atoms with Crippen LogP contribution < -0.4 is 25.8 Å². The standard InChI is InChI=1S/C26H28ClNO.C9H12N2O5S.C7H6N4O2/c1-28(2)19-20-29-24-15-13-23(14-16-24)26(22-11-7-4-8-12-22)25(17-18-27)21-9-5-3-6-10-21;10-8(15)3-2-17-9(11-3)7-6(14)5(13)4(1-12)16-7;8-7-9-11(13)6-4-2-1-3-5(6)10(7)12/h3-16H,17-20H2,1-2H3;2,4-7,12-14H,1H2,(H2,10,15);1-4H,(H2,8,9)/b26-25-;;/t;4-,5-,6-,7-;/m.1./s1. The molecule has 6 aromatic rings. The summed E-state index contributed by atoms with van der Waals surface area (Å²) in [6.45, 7) is 1.17. The number of nitrogen functional groups attached to an aromatic ring is 1. The number of aliphatic hydroxyl groups is 3. The molecule has 59 heavy (non-hydrogen) atoms. The van der Waals surface area contributed by atoms with Gasteiger partial charge in [0.25, 0.3) is 11.4 Å². The molecule has 15 nitrogen and oxygen atoms in total. The molecule has 0 aliphatic carbocycles. The summed E-state index contributed by atoms with van der Waals surface area (Å²) in [5, 5.41) is 55.7. The highest BCUT2D eigenvalue weighted by Gasteiger charge is 2.44. The van der Waals surface area contributed by atoms with E-state index < -0.39 is 36.9 Å². The number of rotatable bonds is 12. The minimum atomic E-state index is -1.18. The SMILES string of the molecule is CN(C)CCOc1ccc(/C(=C(/CCCl)c2ccccc2)c2ccccc2)cc1.NC(=O)c1csc([C@@H]2O[C@H](CO)[C@@H](O)[C@H]2O)n1.Nc1n[n+]([O-])c2ccccc2[n+]1[O-]. The number of ether oxygens (including phenoxy) is 2. The number of likely N-dealkylation sites (N-methyl/N-ethyl adjacent to an activating group) is 1. The number of hydrogen-bond acceptors (Lipinski definition) is 13. The maximum absolute atomic E-state index is 11.3. The third-order valence-electron chi connectivity index (χ3n) is 9.05. The maximum atomic E-state index is 11.3. The van der Waals surface area contributed by atoms with E-state index in [1.165, 1.54) is 45.3 Å². The largest absolute Gasteiger partial charge is 0.739 e. The Labute approximate surface area is 350 Å². The fraction of sp³-hybridized carbons (Fsp3) is 0.262. The van der Waals surface area contributed by atoms with Gasteiger partial charge in [-0.15, -0.1) is 22.9 Å². The van der Waals surface area contributed by atoms with Crippen molar-refractivity contribution in [2.45, 2.75) is 30.8 Å². The van der Waals surface area contributed by atoms with Crippen molar-refractivity contribution in [3.05, 3.63) is 152 Å². The third-order valence-corrected chi connectivity index (χ3v) is 10.1. The van der Waals surface area contributed by atoms with Crippen molar-refractivity contribution in [3.63, 3.8) is 0 Å². The molecule has 4 atom stereocenters. The van der Waals surface area contributed by atoms with Gasteiger partial charge in [-0.05, 0) is 66.6 Å². The lowest BCUT2D eigenvalue weighted by atomic mass is 9.88. The van der Waals surface area contributed by atoms with E-state index in [0.29, 0.717) is 27.1 Å². The van der Waals surface area contributed by atoms with E-state index in [1.54, 1.807) is 12.1 Å². The average Bonchev–Trinajstić information content (AvgIpc) is 3.86. The Morgan fingerprint density at radius 1 is 0.898 bits per heavy atom. The van der Waals surface area contributed by atoms with Crippen LogP contribution in [0.5, 0.6) is 5.75 Å². The monoisotopic (exact) mass is 843 g/mol. The number of thiazole rings is 1. The summed E-state index contributed by atoms with van der Waals surface area (Å²) in [6, 6.07) is 35.7. The number of amides is 1. The highest BCUT2D eigenvalue weighted by molar-refractivity contribution is 7.09. The van der Waals surface area contributed by atoms with Crippen molar-refractivity contribution >= 4 is 57.0 Å². The van der Waals surface area contributed by atoms with E-state index >= 15 is 0 Å². The number of benzene rings is 4. The smallest absolute Gasteiger partial charge is 0.458 e. The van der Waals surface area contributed by atoms with Crippen LogP contribution in [-0.4, -0.2) is 94.3 Å². The van der Waals surface area contributed by atoms with Gasteiger partial charge in [0.15, 0.2) is 5.52 Å². The molecule has 310 valence electrons. The Bertz CT molecular complexity index is 2300. The first-order valence-electron chi connectivity index (χ1n) is 18.5. The molecule has 17 heteroatoms. The van der Waals surface area contributed by atoms with Crippen LogP contribution in [0.4, 0.5) is 5.95 Å². The van der Waals surface area contributed by atoms with Gasteiger partial charge in [-0.3, -0.25) is 10.5 Å². The van der Waals surface area contributed by atoms with Crippen molar-refractivity contribution in [1.29, 1.82) is 0 Å². The van der Waals surface area contributed by atoms with Crippen molar-refractivity contribution in [3.8, 4) is 5.75 Å². The second-order valence-electron chi connectivity index (χ2n) is 13.4. The molecule has 1 fully saturated rings. The van der Waals surface area contributed by atoms with Gasteiger partial charge in [0, 0.05) is 28.7 Å². The van der Waals surface area contributed by atoms with Gasteiger partial charge in [-0.1, -0.05) is 84.9 Å². The van der Waals surface area contributed by atoms with Gasteiger partial charge in [-0.25, -0.2) is 9.71 Å². The fourth-order valence-electron chi connectivity index (χ4n) is 6.08. The Hall–Kier alpha value is -5.72. The van der Waals surface area contributed by atoms with Crippen LogP contribution in [0.1, 0.15) is 44.7 Å². The number of para-hydroxylation sites is 2. The number of carbonyl (C=O) groups is 1. The van der Waals surface area contributed by atoms with Gasteiger partial charge in [-0.2, -0.15) is 0 Å². The number of aromatic nitrogens is 4. The topological polar surface area (TPSA) is 231 Å². The molecule has 0 spiro atoms. The number of carbonyl (C=O) groups excluding carboxylic acids is 1. The lowest BCUT2D eigenvalue weighted by Crippen LogP contribution is -2.44. The molecule has 1 amide bonds. The lowest BCUT2D eigenvalue weighted by Gasteiger charge is -2.17. The summed E-state index contributed by atoms with van der Waals surface area (Å²) in [5.74, 6) is 0.446. The summed E-state index contributed by atoms with van der Waals surface area (Å²) in [7, 11) is 4.09. The summed E-state index contributed by atoms with van der Waals surface area (Å²) in [4.78, 5) is 17.2. The zero-order valence-electron chi connectivity index (χ0n) is 32.4.